The van der Waals surface area contributed by atoms with E-state index in [1.54, 1.807) is 0 Å². The fourth-order valence-electron chi connectivity index (χ4n) is 2.56. The van der Waals surface area contributed by atoms with Crippen LogP contribution in [0.15, 0.2) is 24.3 Å². The van der Waals surface area contributed by atoms with Crippen molar-refractivity contribution in [2.45, 2.75) is 45.6 Å². The molecule has 0 saturated carbocycles. The van der Waals surface area contributed by atoms with E-state index in [0.717, 1.165) is 24.9 Å². The lowest BCUT2D eigenvalue weighted by atomic mass is 10.1. The molecule has 1 heterocycles. The second-order valence-corrected chi connectivity index (χ2v) is 5.20. The van der Waals surface area contributed by atoms with Crippen LogP contribution in [-0.4, -0.2) is 18.4 Å². The van der Waals surface area contributed by atoms with E-state index in [9.17, 15) is 9.59 Å². The second kappa shape index (κ2) is 6.66. The van der Waals surface area contributed by atoms with Crippen LogP contribution in [0.4, 0.5) is 5.69 Å². The number of imide groups is 1. The summed E-state index contributed by atoms with van der Waals surface area (Å²) < 4.78 is 0. The molecule has 1 saturated heterocycles. The lowest BCUT2D eigenvalue weighted by molar-refractivity contribution is -0.125. The summed E-state index contributed by atoms with van der Waals surface area (Å²) >= 11 is 0. The predicted octanol–water partition coefficient (Wildman–Crippen LogP) is 2.79. The topological polar surface area (TPSA) is 49.4 Å². The molecule has 0 aliphatic carbocycles. The summed E-state index contributed by atoms with van der Waals surface area (Å²) in [6, 6.07) is 7.91. The summed E-state index contributed by atoms with van der Waals surface area (Å²) in [6.45, 7) is 5.02. The lowest BCUT2D eigenvalue weighted by Gasteiger charge is -2.21. The zero-order chi connectivity index (χ0) is 14.5. The number of rotatable bonds is 4. The van der Waals surface area contributed by atoms with Gasteiger partial charge in [-0.25, -0.2) is 0 Å². The molecule has 1 atom stereocenters. The van der Waals surface area contributed by atoms with Crippen molar-refractivity contribution in [3.05, 3.63) is 29.8 Å². The molecule has 2 amide bonds. The first-order valence-electron chi connectivity index (χ1n) is 7.32. The Balaban J connectivity index is 2.28. The van der Waals surface area contributed by atoms with Crippen LogP contribution in [-0.2, 0) is 9.59 Å². The van der Waals surface area contributed by atoms with Crippen LogP contribution in [0.25, 0.3) is 0 Å². The van der Waals surface area contributed by atoms with Gasteiger partial charge in [0.05, 0.1) is 5.69 Å². The van der Waals surface area contributed by atoms with Crippen LogP contribution in [0.3, 0.4) is 0 Å². The summed E-state index contributed by atoms with van der Waals surface area (Å²) in [6.07, 6.45) is 2.51. The van der Waals surface area contributed by atoms with Crippen molar-refractivity contribution in [3.8, 4) is 0 Å². The molecule has 108 valence electrons. The molecule has 0 aromatic heterocycles. The van der Waals surface area contributed by atoms with Gasteiger partial charge in [-0.2, -0.15) is 0 Å². The maximum absolute atomic E-state index is 12.1. The van der Waals surface area contributed by atoms with E-state index in [4.69, 9.17) is 0 Å². The third kappa shape index (κ3) is 3.25. The van der Waals surface area contributed by atoms with E-state index in [0.29, 0.717) is 18.5 Å². The molecule has 4 nitrogen and oxygen atoms in total. The minimum absolute atomic E-state index is 0.0826. The highest BCUT2D eigenvalue weighted by molar-refractivity contribution is 6.15. The van der Waals surface area contributed by atoms with Gasteiger partial charge in [0.25, 0.3) is 0 Å². The molecule has 1 fully saturated rings. The van der Waals surface area contributed by atoms with Gasteiger partial charge in [-0.1, -0.05) is 19.1 Å². The van der Waals surface area contributed by atoms with E-state index < -0.39 is 0 Å². The van der Waals surface area contributed by atoms with E-state index in [1.807, 2.05) is 24.3 Å². The first-order valence-corrected chi connectivity index (χ1v) is 7.32. The van der Waals surface area contributed by atoms with Crippen molar-refractivity contribution in [2.75, 3.05) is 11.4 Å². The standard InChI is InChI=1S/C16H22N2O2/c1-3-17-12(2)13-7-6-8-14(11-13)18-15(19)9-4-5-10-16(18)20/h6-8,11-12,17H,3-5,9-10H2,1-2H3. The number of benzene rings is 1. The monoisotopic (exact) mass is 274 g/mol. The summed E-state index contributed by atoms with van der Waals surface area (Å²) in [5, 5.41) is 3.34. The summed E-state index contributed by atoms with van der Waals surface area (Å²) in [4.78, 5) is 25.6. The first-order chi connectivity index (χ1) is 9.63. The smallest absolute Gasteiger partial charge is 0.233 e. The minimum Gasteiger partial charge on any atom is -0.310 e. The van der Waals surface area contributed by atoms with Gasteiger partial charge in [0, 0.05) is 18.9 Å². The molecule has 0 bridgehead atoms. The Bertz CT molecular complexity index is 481. The van der Waals surface area contributed by atoms with Crippen LogP contribution in [0.2, 0.25) is 0 Å². The summed E-state index contributed by atoms with van der Waals surface area (Å²) in [7, 11) is 0. The maximum Gasteiger partial charge on any atom is 0.233 e. The van der Waals surface area contributed by atoms with Crippen LogP contribution in [0.1, 0.15) is 51.1 Å². The summed E-state index contributed by atoms with van der Waals surface area (Å²) in [5.74, 6) is -0.165. The molecule has 0 radical (unpaired) electrons. The van der Waals surface area contributed by atoms with Crippen molar-refractivity contribution in [2.24, 2.45) is 0 Å². The Morgan fingerprint density at radius 2 is 1.85 bits per heavy atom. The van der Waals surface area contributed by atoms with Gasteiger partial charge in [-0.05, 0) is 44.0 Å². The van der Waals surface area contributed by atoms with Crippen molar-refractivity contribution in [1.29, 1.82) is 0 Å². The Kier molecular flexibility index (Phi) is 4.90. The normalized spacial score (nSPS) is 18.0. The number of carbonyl (C=O) groups excluding carboxylic acids is 2. The van der Waals surface area contributed by atoms with Gasteiger partial charge < -0.3 is 5.32 Å². The molecular weight excluding hydrogens is 252 g/mol. The van der Waals surface area contributed by atoms with Crippen LogP contribution < -0.4 is 10.2 Å². The average Bonchev–Trinajstić information content (AvgIpc) is 2.60. The molecule has 1 aliphatic rings. The Morgan fingerprint density at radius 1 is 1.20 bits per heavy atom. The SMILES string of the molecule is CCNC(C)c1cccc(N2C(=O)CCCCC2=O)c1. The number of nitrogens with one attached hydrogen (secondary N) is 1. The largest absolute Gasteiger partial charge is 0.310 e. The van der Waals surface area contributed by atoms with Crippen LogP contribution in [0.5, 0.6) is 0 Å². The molecule has 1 N–H and O–H groups in total. The third-order valence-corrected chi connectivity index (χ3v) is 3.67. The average molecular weight is 274 g/mol. The molecule has 1 unspecified atom stereocenters. The number of carbonyl (C=O) groups is 2. The molecule has 0 spiro atoms. The molecule has 4 heteroatoms. The fraction of sp³-hybridized carbons (Fsp3) is 0.500. The van der Waals surface area contributed by atoms with Crippen molar-refractivity contribution in [1.82, 2.24) is 5.32 Å². The van der Waals surface area contributed by atoms with Gasteiger partial charge in [-0.15, -0.1) is 0 Å². The number of amides is 2. The molecule has 20 heavy (non-hydrogen) atoms. The quantitative estimate of drug-likeness (QED) is 0.859. The van der Waals surface area contributed by atoms with Crippen molar-refractivity contribution in [3.63, 3.8) is 0 Å². The molecule has 1 aromatic carbocycles. The van der Waals surface area contributed by atoms with E-state index in [2.05, 4.69) is 19.2 Å². The molecule has 1 aromatic rings. The number of hydrogen-bond donors (Lipinski definition) is 1. The van der Waals surface area contributed by atoms with Gasteiger partial charge in [-0.3, -0.25) is 14.5 Å². The predicted molar refractivity (Wildman–Crippen MR) is 79.5 cm³/mol. The minimum atomic E-state index is -0.0826. The number of anilines is 1. The van der Waals surface area contributed by atoms with Gasteiger partial charge in [0.2, 0.25) is 11.8 Å². The zero-order valence-electron chi connectivity index (χ0n) is 12.2. The lowest BCUT2D eigenvalue weighted by Crippen LogP contribution is -2.35. The summed E-state index contributed by atoms with van der Waals surface area (Å²) in [5.41, 5.74) is 1.79. The van der Waals surface area contributed by atoms with E-state index in [1.165, 1.54) is 4.90 Å². The van der Waals surface area contributed by atoms with Crippen LogP contribution >= 0.6 is 0 Å². The maximum atomic E-state index is 12.1. The highest BCUT2D eigenvalue weighted by Gasteiger charge is 2.25. The number of hydrogen-bond acceptors (Lipinski definition) is 3. The van der Waals surface area contributed by atoms with E-state index in [-0.39, 0.29) is 17.9 Å². The second-order valence-electron chi connectivity index (χ2n) is 5.20. The molecule has 2 rings (SSSR count). The third-order valence-electron chi connectivity index (χ3n) is 3.67. The first kappa shape index (κ1) is 14.7. The van der Waals surface area contributed by atoms with E-state index >= 15 is 0 Å². The van der Waals surface area contributed by atoms with Gasteiger partial charge >= 0.3 is 0 Å². The molecule has 1 aliphatic heterocycles. The Morgan fingerprint density at radius 3 is 2.45 bits per heavy atom. The Labute approximate surface area is 120 Å². The molecular formula is C16H22N2O2. The van der Waals surface area contributed by atoms with Crippen molar-refractivity contribution >= 4 is 17.5 Å². The fourth-order valence-corrected chi connectivity index (χ4v) is 2.56. The van der Waals surface area contributed by atoms with Crippen LogP contribution in [0, 0.1) is 0 Å². The zero-order valence-corrected chi connectivity index (χ0v) is 12.2. The highest BCUT2D eigenvalue weighted by Crippen LogP contribution is 2.24. The highest BCUT2D eigenvalue weighted by atomic mass is 16.2. The Hall–Kier alpha value is -1.68. The number of nitrogens with zero attached hydrogens (tertiary/aromatic N) is 1. The van der Waals surface area contributed by atoms with Crippen molar-refractivity contribution < 1.29 is 9.59 Å². The van der Waals surface area contributed by atoms with Gasteiger partial charge in [0.15, 0.2) is 0 Å². The van der Waals surface area contributed by atoms with Gasteiger partial charge in [0.1, 0.15) is 0 Å².